The molecule has 17 heavy (non-hydrogen) atoms. The molecule has 4 nitrogen and oxygen atoms in total. The number of nitrogens with zero attached hydrogens (tertiary/aromatic N) is 1. The van der Waals surface area contributed by atoms with Crippen molar-refractivity contribution in [1.82, 2.24) is 10.3 Å². The lowest BCUT2D eigenvalue weighted by Gasteiger charge is -2.24. The average molecular weight is 255 g/mol. The second kappa shape index (κ2) is 6.00. The van der Waals surface area contributed by atoms with Gasteiger partial charge in [-0.15, -0.1) is 11.3 Å². The molecule has 0 aliphatic rings. The van der Waals surface area contributed by atoms with Crippen molar-refractivity contribution in [3.8, 4) is 0 Å². The lowest BCUT2D eigenvalue weighted by Crippen LogP contribution is -2.34. The molecule has 0 spiro atoms. The Morgan fingerprint density at radius 1 is 1.41 bits per heavy atom. The summed E-state index contributed by atoms with van der Waals surface area (Å²) in [6, 6.07) is 0. The number of thiazole rings is 1. The summed E-state index contributed by atoms with van der Waals surface area (Å²) in [7, 11) is 0. The van der Waals surface area contributed by atoms with E-state index < -0.39 is 0 Å². The summed E-state index contributed by atoms with van der Waals surface area (Å²) in [4.78, 5) is 15.7. The van der Waals surface area contributed by atoms with Gasteiger partial charge in [-0.3, -0.25) is 4.79 Å². The third-order valence-electron chi connectivity index (χ3n) is 2.97. The summed E-state index contributed by atoms with van der Waals surface area (Å²) in [6.45, 7) is 9.40. The molecule has 1 amide bonds. The summed E-state index contributed by atoms with van der Waals surface area (Å²) in [6.07, 6.45) is 0. The van der Waals surface area contributed by atoms with Gasteiger partial charge >= 0.3 is 0 Å². The van der Waals surface area contributed by atoms with Crippen molar-refractivity contribution in [2.45, 2.75) is 27.7 Å². The van der Waals surface area contributed by atoms with E-state index in [0.717, 1.165) is 0 Å². The SMILES string of the molecule is CC(C)C(CNC(=O)c1csc(N)n1)C(C)C. The highest BCUT2D eigenvalue weighted by Crippen LogP contribution is 2.19. The first kappa shape index (κ1) is 14.0. The van der Waals surface area contributed by atoms with Crippen molar-refractivity contribution in [3.63, 3.8) is 0 Å². The first-order valence-electron chi connectivity index (χ1n) is 5.91. The number of amides is 1. The molecule has 0 aromatic carbocycles. The van der Waals surface area contributed by atoms with Crippen molar-refractivity contribution >= 4 is 22.4 Å². The van der Waals surface area contributed by atoms with Gasteiger partial charge in [0.1, 0.15) is 5.69 Å². The van der Waals surface area contributed by atoms with Gasteiger partial charge in [0.2, 0.25) is 0 Å². The molecule has 0 fully saturated rings. The lowest BCUT2D eigenvalue weighted by molar-refractivity contribution is 0.0933. The van der Waals surface area contributed by atoms with E-state index in [-0.39, 0.29) is 5.91 Å². The maximum absolute atomic E-state index is 11.8. The molecule has 1 aromatic rings. The van der Waals surface area contributed by atoms with Crippen LogP contribution in [-0.4, -0.2) is 17.4 Å². The van der Waals surface area contributed by atoms with E-state index in [1.165, 1.54) is 11.3 Å². The molecular weight excluding hydrogens is 234 g/mol. The van der Waals surface area contributed by atoms with Gasteiger partial charge in [0, 0.05) is 11.9 Å². The second-order valence-electron chi connectivity index (χ2n) is 4.93. The molecule has 0 saturated heterocycles. The summed E-state index contributed by atoms with van der Waals surface area (Å²) >= 11 is 1.29. The van der Waals surface area contributed by atoms with Crippen LogP contribution in [0, 0.1) is 17.8 Å². The molecule has 1 aromatic heterocycles. The molecule has 1 rings (SSSR count). The maximum atomic E-state index is 11.8. The van der Waals surface area contributed by atoms with Crippen LogP contribution in [0.15, 0.2) is 5.38 Å². The van der Waals surface area contributed by atoms with Gasteiger partial charge in [0.05, 0.1) is 0 Å². The van der Waals surface area contributed by atoms with Gasteiger partial charge in [-0.1, -0.05) is 27.7 Å². The van der Waals surface area contributed by atoms with Crippen molar-refractivity contribution in [1.29, 1.82) is 0 Å². The number of rotatable bonds is 5. The number of nitrogens with two attached hydrogens (primary N) is 1. The minimum absolute atomic E-state index is 0.135. The molecule has 0 atom stereocenters. The third kappa shape index (κ3) is 4.00. The minimum atomic E-state index is -0.135. The van der Waals surface area contributed by atoms with Crippen molar-refractivity contribution in [2.24, 2.45) is 17.8 Å². The van der Waals surface area contributed by atoms with Crippen LogP contribution in [0.25, 0.3) is 0 Å². The molecule has 0 radical (unpaired) electrons. The van der Waals surface area contributed by atoms with Crippen LogP contribution in [0.5, 0.6) is 0 Å². The quantitative estimate of drug-likeness (QED) is 0.849. The maximum Gasteiger partial charge on any atom is 0.270 e. The molecule has 0 aliphatic carbocycles. The Kier molecular flexibility index (Phi) is 4.93. The van der Waals surface area contributed by atoms with Gasteiger partial charge in [-0.2, -0.15) is 0 Å². The minimum Gasteiger partial charge on any atom is -0.375 e. The Morgan fingerprint density at radius 2 is 2.00 bits per heavy atom. The second-order valence-corrected chi connectivity index (χ2v) is 5.82. The summed E-state index contributed by atoms with van der Waals surface area (Å²) < 4.78 is 0. The number of hydrogen-bond donors (Lipinski definition) is 2. The zero-order valence-electron chi connectivity index (χ0n) is 10.9. The van der Waals surface area contributed by atoms with Crippen LogP contribution in [0.2, 0.25) is 0 Å². The standard InChI is InChI=1S/C12H21N3OS/c1-7(2)9(8(3)4)5-14-11(16)10-6-17-12(13)15-10/h6-9H,5H2,1-4H3,(H2,13,15)(H,14,16). The molecule has 0 bridgehead atoms. The van der Waals surface area contributed by atoms with E-state index in [4.69, 9.17) is 5.73 Å². The lowest BCUT2D eigenvalue weighted by atomic mass is 9.85. The molecule has 5 heteroatoms. The van der Waals surface area contributed by atoms with Crippen LogP contribution in [0.1, 0.15) is 38.2 Å². The number of hydrogen-bond acceptors (Lipinski definition) is 4. The van der Waals surface area contributed by atoms with Gasteiger partial charge in [-0.25, -0.2) is 4.98 Å². The van der Waals surface area contributed by atoms with Crippen molar-refractivity contribution in [3.05, 3.63) is 11.1 Å². The smallest absolute Gasteiger partial charge is 0.270 e. The Morgan fingerprint density at radius 3 is 2.41 bits per heavy atom. The number of aromatic nitrogens is 1. The monoisotopic (exact) mass is 255 g/mol. The predicted octanol–water partition coefficient (Wildman–Crippen LogP) is 2.38. The summed E-state index contributed by atoms with van der Waals surface area (Å²) in [5.74, 6) is 1.45. The highest BCUT2D eigenvalue weighted by Gasteiger charge is 2.19. The van der Waals surface area contributed by atoms with E-state index >= 15 is 0 Å². The summed E-state index contributed by atoms with van der Waals surface area (Å²) in [5.41, 5.74) is 5.91. The highest BCUT2D eigenvalue weighted by molar-refractivity contribution is 7.13. The molecular formula is C12H21N3OS. The van der Waals surface area contributed by atoms with Gasteiger partial charge in [0.15, 0.2) is 5.13 Å². The summed E-state index contributed by atoms with van der Waals surface area (Å²) in [5, 5.41) is 5.04. The van der Waals surface area contributed by atoms with Gasteiger partial charge in [0.25, 0.3) is 5.91 Å². The fourth-order valence-corrected chi connectivity index (χ4v) is 2.48. The van der Waals surface area contributed by atoms with Crippen LogP contribution in [0.4, 0.5) is 5.13 Å². The van der Waals surface area contributed by atoms with Gasteiger partial charge in [-0.05, 0) is 17.8 Å². The fourth-order valence-electron chi connectivity index (χ4n) is 1.93. The highest BCUT2D eigenvalue weighted by atomic mass is 32.1. The van der Waals surface area contributed by atoms with Crippen molar-refractivity contribution in [2.75, 3.05) is 12.3 Å². The first-order valence-corrected chi connectivity index (χ1v) is 6.79. The molecule has 96 valence electrons. The number of carbonyl (C=O) groups excluding carboxylic acids is 1. The van der Waals surface area contributed by atoms with Gasteiger partial charge < -0.3 is 11.1 Å². The van der Waals surface area contributed by atoms with E-state index in [0.29, 0.717) is 35.1 Å². The first-order chi connectivity index (χ1) is 7.91. The molecule has 0 unspecified atom stereocenters. The van der Waals surface area contributed by atoms with E-state index in [1.54, 1.807) is 5.38 Å². The van der Waals surface area contributed by atoms with Crippen molar-refractivity contribution < 1.29 is 4.79 Å². The Bertz CT molecular complexity index is 366. The number of carbonyl (C=O) groups is 1. The molecule has 3 N–H and O–H groups in total. The third-order valence-corrected chi connectivity index (χ3v) is 3.64. The van der Waals surface area contributed by atoms with Crippen LogP contribution >= 0.6 is 11.3 Å². The zero-order chi connectivity index (χ0) is 13.0. The molecule has 0 saturated carbocycles. The van der Waals surface area contributed by atoms with Crippen LogP contribution < -0.4 is 11.1 Å². The number of nitrogen functional groups attached to an aromatic ring is 1. The van der Waals surface area contributed by atoms with Crippen LogP contribution in [0.3, 0.4) is 0 Å². The topological polar surface area (TPSA) is 68.0 Å². The van der Waals surface area contributed by atoms with Crippen LogP contribution in [-0.2, 0) is 0 Å². The largest absolute Gasteiger partial charge is 0.375 e. The molecule has 0 aliphatic heterocycles. The van der Waals surface area contributed by atoms with E-state index in [1.807, 2.05) is 0 Å². The normalized spacial score (nSPS) is 11.5. The average Bonchev–Trinajstić information content (AvgIpc) is 2.63. The number of nitrogens with one attached hydrogen (secondary N) is 1. The fraction of sp³-hybridized carbons (Fsp3) is 0.667. The Hall–Kier alpha value is -1.10. The Balaban J connectivity index is 2.52. The van der Waals surface area contributed by atoms with E-state index in [2.05, 4.69) is 38.0 Å². The van der Waals surface area contributed by atoms with E-state index in [9.17, 15) is 4.79 Å². The zero-order valence-corrected chi connectivity index (χ0v) is 11.7. The molecule has 1 heterocycles. The Labute approximate surface area is 107 Å². The predicted molar refractivity (Wildman–Crippen MR) is 72.0 cm³/mol. The number of anilines is 1.